The quantitative estimate of drug-likeness (QED) is 0.419. The lowest BCUT2D eigenvalue weighted by atomic mass is 10.2. The highest BCUT2D eigenvalue weighted by atomic mass is 32.2. The van der Waals surface area contributed by atoms with Crippen molar-refractivity contribution >= 4 is 35.0 Å². The summed E-state index contributed by atoms with van der Waals surface area (Å²) in [6, 6.07) is 18.3. The van der Waals surface area contributed by atoms with E-state index in [9.17, 15) is 9.59 Å². The van der Waals surface area contributed by atoms with Gasteiger partial charge in [-0.3, -0.25) is 9.59 Å². The van der Waals surface area contributed by atoms with Crippen LogP contribution in [0.1, 0.15) is 15.9 Å². The fraction of sp³-hybridized carbons (Fsp3) is 0.0870. The summed E-state index contributed by atoms with van der Waals surface area (Å²) < 4.78 is 1.53. The van der Waals surface area contributed by atoms with Crippen LogP contribution in [0.3, 0.4) is 0 Å². The van der Waals surface area contributed by atoms with E-state index in [-0.39, 0.29) is 17.6 Å². The molecule has 0 aliphatic carbocycles. The fourth-order valence-corrected chi connectivity index (χ4v) is 3.73. The molecule has 9 heteroatoms. The van der Waals surface area contributed by atoms with Gasteiger partial charge in [-0.2, -0.15) is 5.10 Å². The van der Waals surface area contributed by atoms with Gasteiger partial charge in [0, 0.05) is 10.6 Å². The van der Waals surface area contributed by atoms with Crippen LogP contribution in [-0.4, -0.2) is 37.3 Å². The molecule has 4 aromatic rings. The van der Waals surface area contributed by atoms with E-state index < -0.39 is 0 Å². The number of aryl methyl sites for hydroxylation is 1. The maximum absolute atomic E-state index is 12.8. The van der Waals surface area contributed by atoms with Crippen LogP contribution in [0.25, 0.3) is 5.82 Å². The van der Waals surface area contributed by atoms with Crippen LogP contribution in [0.4, 0.5) is 11.4 Å². The molecule has 0 bridgehead atoms. The second-order valence-electron chi connectivity index (χ2n) is 6.90. The molecule has 32 heavy (non-hydrogen) atoms. The molecule has 0 fully saturated rings. The van der Waals surface area contributed by atoms with Gasteiger partial charge in [-0.25, -0.2) is 14.6 Å². The smallest absolute Gasteiger partial charge is 0.256 e. The first-order valence-electron chi connectivity index (χ1n) is 9.79. The summed E-state index contributed by atoms with van der Waals surface area (Å²) in [6.07, 6.45) is 4.52. The Balaban J connectivity index is 1.38. The Labute approximate surface area is 189 Å². The normalized spacial score (nSPS) is 10.5. The van der Waals surface area contributed by atoms with Gasteiger partial charge >= 0.3 is 0 Å². The SMILES string of the molecule is Cc1ccc(NC(=O)CSc2ccccc2C(=O)Nc2ccc(-n3cncn3)nc2)cc1. The van der Waals surface area contributed by atoms with Gasteiger partial charge in [0.25, 0.3) is 5.91 Å². The Hall–Kier alpha value is -3.98. The third-order valence-corrected chi connectivity index (χ3v) is 5.56. The average molecular weight is 445 g/mol. The summed E-state index contributed by atoms with van der Waals surface area (Å²) in [7, 11) is 0. The Morgan fingerprint density at radius 3 is 2.47 bits per heavy atom. The predicted molar refractivity (Wildman–Crippen MR) is 124 cm³/mol. The molecule has 8 nitrogen and oxygen atoms in total. The van der Waals surface area contributed by atoms with E-state index in [4.69, 9.17) is 0 Å². The predicted octanol–water partition coefficient (Wildman–Crippen LogP) is 3.95. The molecule has 2 amide bonds. The standard InChI is InChI=1S/C23H20N6O2S/c1-16-6-8-17(9-7-16)27-22(30)13-32-20-5-3-2-4-19(20)23(31)28-18-10-11-21(25-12-18)29-15-24-14-26-29/h2-12,14-15H,13H2,1H3,(H,27,30)(H,28,31). The van der Waals surface area contributed by atoms with E-state index in [1.54, 1.807) is 36.8 Å². The van der Waals surface area contributed by atoms with Crippen molar-refractivity contribution in [3.63, 3.8) is 0 Å². The summed E-state index contributed by atoms with van der Waals surface area (Å²) in [6.45, 7) is 1.99. The number of hydrogen-bond acceptors (Lipinski definition) is 6. The molecule has 4 rings (SSSR count). The average Bonchev–Trinajstić information content (AvgIpc) is 3.35. The lowest BCUT2D eigenvalue weighted by molar-refractivity contribution is -0.113. The molecule has 0 radical (unpaired) electrons. The molecule has 0 aliphatic heterocycles. The molecule has 2 N–H and O–H groups in total. The topological polar surface area (TPSA) is 102 Å². The molecule has 0 saturated heterocycles. The van der Waals surface area contributed by atoms with Crippen molar-refractivity contribution in [3.05, 3.63) is 90.6 Å². The first-order chi connectivity index (χ1) is 15.6. The number of nitrogens with one attached hydrogen (secondary N) is 2. The van der Waals surface area contributed by atoms with Gasteiger partial charge in [-0.1, -0.05) is 29.8 Å². The Kier molecular flexibility index (Phi) is 6.57. The minimum Gasteiger partial charge on any atom is -0.325 e. The van der Waals surface area contributed by atoms with E-state index in [1.165, 1.54) is 22.8 Å². The van der Waals surface area contributed by atoms with Gasteiger partial charge < -0.3 is 10.6 Å². The number of pyridine rings is 1. The van der Waals surface area contributed by atoms with Crippen LogP contribution in [0.5, 0.6) is 0 Å². The summed E-state index contributed by atoms with van der Waals surface area (Å²) in [5, 5.41) is 9.73. The maximum Gasteiger partial charge on any atom is 0.256 e. The molecular formula is C23H20N6O2S. The maximum atomic E-state index is 12.8. The summed E-state index contributed by atoms with van der Waals surface area (Å²) in [5.41, 5.74) is 2.91. The molecule has 2 aromatic heterocycles. The second-order valence-corrected chi connectivity index (χ2v) is 7.92. The molecule has 0 saturated carbocycles. The third-order valence-electron chi connectivity index (χ3n) is 4.48. The number of aromatic nitrogens is 4. The number of rotatable bonds is 7. The van der Waals surface area contributed by atoms with Gasteiger partial charge in [0.2, 0.25) is 5.91 Å². The Bertz CT molecular complexity index is 1210. The number of nitrogens with zero attached hydrogens (tertiary/aromatic N) is 4. The second kappa shape index (κ2) is 9.88. The highest BCUT2D eigenvalue weighted by Gasteiger charge is 2.14. The van der Waals surface area contributed by atoms with Crippen molar-refractivity contribution in [3.8, 4) is 5.82 Å². The zero-order valence-corrected chi connectivity index (χ0v) is 18.0. The lowest BCUT2D eigenvalue weighted by Gasteiger charge is -2.10. The molecule has 0 aliphatic rings. The third kappa shape index (κ3) is 5.38. The van der Waals surface area contributed by atoms with E-state index in [1.807, 2.05) is 43.3 Å². The van der Waals surface area contributed by atoms with E-state index >= 15 is 0 Å². The summed E-state index contributed by atoms with van der Waals surface area (Å²) in [4.78, 5) is 34.0. The van der Waals surface area contributed by atoms with Crippen LogP contribution in [0, 0.1) is 6.92 Å². The summed E-state index contributed by atoms with van der Waals surface area (Å²) in [5.74, 6) is 0.368. The van der Waals surface area contributed by atoms with E-state index in [2.05, 4.69) is 25.7 Å². The minimum atomic E-state index is -0.276. The minimum absolute atomic E-state index is 0.137. The lowest BCUT2D eigenvalue weighted by Crippen LogP contribution is -2.16. The van der Waals surface area contributed by atoms with E-state index in [0.717, 1.165) is 16.1 Å². The first kappa shape index (κ1) is 21.3. The van der Waals surface area contributed by atoms with Crippen LogP contribution in [0.2, 0.25) is 0 Å². The summed E-state index contributed by atoms with van der Waals surface area (Å²) >= 11 is 1.31. The zero-order chi connectivity index (χ0) is 22.3. The number of anilines is 2. The number of carbonyl (C=O) groups is 2. The molecule has 0 atom stereocenters. The number of benzene rings is 2. The monoisotopic (exact) mass is 444 g/mol. The molecule has 0 unspecified atom stereocenters. The highest BCUT2D eigenvalue weighted by Crippen LogP contribution is 2.24. The molecule has 2 aromatic carbocycles. The van der Waals surface area contributed by atoms with Crippen molar-refractivity contribution in [1.82, 2.24) is 19.7 Å². The van der Waals surface area contributed by atoms with Crippen LogP contribution >= 0.6 is 11.8 Å². The number of carbonyl (C=O) groups excluding carboxylic acids is 2. The van der Waals surface area contributed by atoms with Gasteiger partial charge in [0.05, 0.1) is 23.2 Å². The van der Waals surface area contributed by atoms with Crippen molar-refractivity contribution in [2.45, 2.75) is 11.8 Å². The van der Waals surface area contributed by atoms with Crippen molar-refractivity contribution in [2.75, 3.05) is 16.4 Å². The van der Waals surface area contributed by atoms with Crippen LogP contribution in [0.15, 0.2) is 84.4 Å². The van der Waals surface area contributed by atoms with Crippen molar-refractivity contribution in [1.29, 1.82) is 0 Å². The van der Waals surface area contributed by atoms with Crippen LogP contribution in [-0.2, 0) is 4.79 Å². The van der Waals surface area contributed by atoms with Crippen molar-refractivity contribution < 1.29 is 9.59 Å². The van der Waals surface area contributed by atoms with Gasteiger partial charge in [0.1, 0.15) is 12.7 Å². The molecule has 0 spiro atoms. The van der Waals surface area contributed by atoms with Gasteiger partial charge in [-0.15, -0.1) is 11.8 Å². The number of hydrogen-bond donors (Lipinski definition) is 2. The fourth-order valence-electron chi connectivity index (χ4n) is 2.88. The first-order valence-corrected chi connectivity index (χ1v) is 10.8. The molecule has 160 valence electrons. The van der Waals surface area contributed by atoms with E-state index in [0.29, 0.717) is 17.1 Å². The molecule has 2 heterocycles. The van der Waals surface area contributed by atoms with Crippen molar-refractivity contribution in [2.24, 2.45) is 0 Å². The van der Waals surface area contributed by atoms with Crippen LogP contribution < -0.4 is 10.6 Å². The highest BCUT2D eigenvalue weighted by molar-refractivity contribution is 8.00. The number of amides is 2. The number of thioether (sulfide) groups is 1. The van der Waals surface area contributed by atoms with Gasteiger partial charge in [0.15, 0.2) is 5.82 Å². The Morgan fingerprint density at radius 2 is 1.75 bits per heavy atom. The zero-order valence-electron chi connectivity index (χ0n) is 17.2. The Morgan fingerprint density at radius 1 is 0.969 bits per heavy atom. The largest absolute Gasteiger partial charge is 0.325 e. The molecular weight excluding hydrogens is 424 g/mol. The van der Waals surface area contributed by atoms with Gasteiger partial charge in [-0.05, 0) is 43.3 Å².